The van der Waals surface area contributed by atoms with Crippen molar-refractivity contribution in [3.8, 4) is 0 Å². The van der Waals surface area contributed by atoms with Gasteiger partial charge in [-0.1, -0.05) is 28.1 Å². The van der Waals surface area contributed by atoms with Crippen molar-refractivity contribution < 1.29 is 4.79 Å². The molecule has 74 valence electrons. The van der Waals surface area contributed by atoms with Gasteiger partial charge in [0.2, 0.25) is 5.91 Å². The Kier molecular flexibility index (Phi) is 2.59. The van der Waals surface area contributed by atoms with Crippen LogP contribution in [0, 0.1) is 5.92 Å². The molecule has 0 spiro atoms. The van der Waals surface area contributed by atoms with Crippen LogP contribution in [0.4, 0.5) is 0 Å². The van der Waals surface area contributed by atoms with Gasteiger partial charge in [0.15, 0.2) is 0 Å². The van der Waals surface area contributed by atoms with Crippen molar-refractivity contribution in [3.05, 3.63) is 34.3 Å². The lowest BCUT2D eigenvalue weighted by Crippen LogP contribution is -2.20. The second-order valence-electron chi connectivity index (χ2n) is 3.61. The van der Waals surface area contributed by atoms with Gasteiger partial charge in [0.25, 0.3) is 0 Å². The quantitative estimate of drug-likeness (QED) is 0.862. The Hall–Kier alpha value is -0.830. The molecule has 0 aliphatic heterocycles. The van der Waals surface area contributed by atoms with Crippen LogP contribution in [0.5, 0.6) is 0 Å². The fourth-order valence-electron chi connectivity index (χ4n) is 1.75. The fraction of sp³-hybridized carbons (Fsp3) is 0.364. The maximum absolute atomic E-state index is 11.3. The molecule has 0 saturated heterocycles. The van der Waals surface area contributed by atoms with Crippen LogP contribution in [0.1, 0.15) is 17.9 Å². The number of amides is 1. The van der Waals surface area contributed by atoms with E-state index in [9.17, 15) is 4.79 Å². The first-order chi connectivity index (χ1) is 6.72. The molecule has 2 atom stereocenters. The third-order valence-corrected chi connectivity index (χ3v) is 3.20. The van der Waals surface area contributed by atoms with Gasteiger partial charge in [0.05, 0.1) is 0 Å². The van der Waals surface area contributed by atoms with E-state index in [0.717, 1.165) is 10.9 Å². The SMILES string of the molecule is CNC(=O)[C@H]1C[C@@H]1c1ccc(Br)cc1. The zero-order chi connectivity index (χ0) is 10.1. The zero-order valence-corrected chi connectivity index (χ0v) is 9.54. The maximum atomic E-state index is 11.3. The Morgan fingerprint density at radius 2 is 2.07 bits per heavy atom. The van der Waals surface area contributed by atoms with Crippen LogP contribution < -0.4 is 5.32 Å². The standard InChI is InChI=1S/C11H12BrNO/c1-13-11(14)10-6-9(10)7-2-4-8(12)5-3-7/h2-5,9-10H,6H2,1H3,(H,13,14)/t9-,10+/m1/s1. The van der Waals surface area contributed by atoms with Gasteiger partial charge in [-0.25, -0.2) is 0 Å². The summed E-state index contributed by atoms with van der Waals surface area (Å²) in [6, 6.07) is 8.21. The summed E-state index contributed by atoms with van der Waals surface area (Å²) in [5.74, 6) is 0.794. The van der Waals surface area contributed by atoms with E-state index in [1.807, 2.05) is 12.1 Å². The van der Waals surface area contributed by atoms with Crippen molar-refractivity contribution in [2.24, 2.45) is 5.92 Å². The summed E-state index contributed by atoms with van der Waals surface area (Å²) >= 11 is 3.39. The summed E-state index contributed by atoms with van der Waals surface area (Å²) in [5, 5.41) is 2.69. The molecule has 14 heavy (non-hydrogen) atoms. The van der Waals surface area contributed by atoms with E-state index in [2.05, 4.69) is 33.4 Å². The van der Waals surface area contributed by atoms with Crippen LogP contribution in [-0.2, 0) is 4.79 Å². The lowest BCUT2D eigenvalue weighted by Gasteiger charge is -2.00. The number of carbonyl (C=O) groups excluding carboxylic acids is 1. The van der Waals surface area contributed by atoms with Gasteiger partial charge >= 0.3 is 0 Å². The van der Waals surface area contributed by atoms with Crippen molar-refractivity contribution >= 4 is 21.8 Å². The highest BCUT2D eigenvalue weighted by Gasteiger charge is 2.43. The van der Waals surface area contributed by atoms with Crippen LogP contribution in [0.15, 0.2) is 28.7 Å². The largest absolute Gasteiger partial charge is 0.359 e. The minimum absolute atomic E-state index is 0.165. The van der Waals surface area contributed by atoms with E-state index < -0.39 is 0 Å². The summed E-state index contributed by atoms with van der Waals surface area (Å²) in [5.41, 5.74) is 1.27. The number of hydrogen-bond acceptors (Lipinski definition) is 1. The second kappa shape index (κ2) is 3.73. The lowest BCUT2D eigenvalue weighted by molar-refractivity contribution is -0.121. The van der Waals surface area contributed by atoms with Crippen LogP contribution >= 0.6 is 15.9 Å². The molecule has 1 aliphatic carbocycles. The van der Waals surface area contributed by atoms with Gasteiger partial charge in [-0.2, -0.15) is 0 Å². The van der Waals surface area contributed by atoms with Gasteiger partial charge in [-0.3, -0.25) is 4.79 Å². The Labute approximate surface area is 91.8 Å². The van der Waals surface area contributed by atoms with E-state index in [1.165, 1.54) is 5.56 Å². The number of nitrogens with one attached hydrogen (secondary N) is 1. The van der Waals surface area contributed by atoms with Crippen LogP contribution in [-0.4, -0.2) is 13.0 Å². The molecule has 0 heterocycles. The molecule has 0 unspecified atom stereocenters. The van der Waals surface area contributed by atoms with E-state index in [4.69, 9.17) is 0 Å². The Morgan fingerprint density at radius 3 is 2.64 bits per heavy atom. The first kappa shape index (κ1) is 9.71. The predicted molar refractivity (Wildman–Crippen MR) is 59.1 cm³/mol. The van der Waals surface area contributed by atoms with Gasteiger partial charge < -0.3 is 5.32 Å². The smallest absolute Gasteiger partial charge is 0.223 e. The number of rotatable bonds is 2. The molecule has 2 nitrogen and oxygen atoms in total. The number of carbonyl (C=O) groups is 1. The first-order valence-electron chi connectivity index (χ1n) is 4.69. The highest BCUT2D eigenvalue weighted by Crippen LogP contribution is 2.47. The molecule has 1 fully saturated rings. The zero-order valence-electron chi connectivity index (χ0n) is 7.96. The maximum Gasteiger partial charge on any atom is 0.223 e. The highest BCUT2D eigenvalue weighted by molar-refractivity contribution is 9.10. The van der Waals surface area contributed by atoms with Crippen molar-refractivity contribution in [2.75, 3.05) is 7.05 Å². The Balaban J connectivity index is 2.06. The monoisotopic (exact) mass is 253 g/mol. The van der Waals surface area contributed by atoms with E-state index in [0.29, 0.717) is 5.92 Å². The molecule has 0 radical (unpaired) electrons. The Morgan fingerprint density at radius 1 is 1.43 bits per heavy atom. The molecule has 3 heteroatoms. The van der Waals surface area contributed by atoms with Crippen molar-refractivity contribution in [1.29, 1.82) is 0 Å². The minimum Gasteiger partial charge on any atom is -0.359 e. The number of halogens is 1. The summed E-state index contributed by atoms with van der Waals surface area (Å²) in [7, 11) is 1.69. The van der Waals surface area contributed by atoms with Crippen LogP contribution in [0.3, 0.4) is 0 Å². The molecular weight excluding hydrogens is 242 g/mol. The molecule has 0 bridgehead atoms. The molecule has 1 N–H and O–H groups in total. The average molecular weight is 254 g/mol. The fourth-order valence-corrected chi connectivity index (χ4v) is 2.01. The van der Waals surface area contributed by atoms with Gasteiger partial charge in [0, 0.05) is 17.4 Å². The molecule has 1 aromatic carbocycles. The number of hydrogen-bond donors (Lipinski definition) is 1. The van der Waals surface area contributed by atoms with E-state index in [1.54, 1.807) is 7.05 Å². The minimum atomic E-state index is 0.165. The average Bonchev–Trinajstić information content (AvgIpc) is 2.98. The third-order valence-electron chi connectivity index (χ3n) is 2.67. The summed E-state index contributed by atoms with van der Waals surface area (Å²) in [4.78, 5) is 11.3. The molecule has 1 aliphatic rings. The number of benzene rings is 1. The Bertz CT molecular complexity index is 347. The van der Waals surface area contributed by atoms with Crippen molar-refractivity contribution in [2.45, 2.75) is 12.3 Å². The van der Waals surface area contributed by atoms with Gasteiger partial charge in [0.1, 0.15) is 0 Å². The van der Waals surface area contributed by atoms with E-state index >= 15 is 0 Å². The summed E-state index contributed by atoms with van der Waals surface area (Å²) < 4.78 is 1.08. The normalized spacial score (nSPS) is 24.4. The molecule has 1 saturated carbocycles. The summed E-state index contributed by atoms with van der Waals surface area (Å²) in [6.07, 6.45) is 0.987. The molecule has 1 aromatic rings. The third kappa shape index (κ3) is 1.82. The highest BCUT2D eigenvalue weighted by atomic mass is 79.9. The van der Waals surface area contributed by atoms with Gasteiger partial charge in [-0.05, 0) is 30.0 Å². The molecule has 2 rings (SSSR count). The first-order valence-corrected chi connectivity index (χ1v) is 5.48. The lowest BCUT2D eigenvalue weighted by atomic mass is 10.1. The second-order valence-corrected chi connectivity index (χ2v) is 4.53. The molecule has 1 amide bonds. The molecule has 0 aromatic heterocycles. The van der Waals surface area contributed by atoms with Crippen molar-refractivity contribution in [1.82, 2.24) is 5.32 Å². The predicted octanol–water partition coefficient (Wildman–Crippen LogP) is 2.30. The van der Waals surface area contributed by atoms with E-state index in [-0.39, 0.29) is 11.8 Å². The van der Waals surface area contributed by atoms with Crippen LogP contribution in [0.2, 0.25) is 0 Å². The van der Waals surface area contributed by atoms with Crippen LogP contribution in [0.25, 0.3) is 0 Å². The van der Waals surface area contributed by atoms with Gasteiger partial charge in [-0.15, -0.1) is 0 Å². The topological polar surface area (TPSA) is 29.1 Å². The van der Waals surface area contributed by atoms with Crippen molar-refractivity contribution in [3.63, 3.8) is 0 Å². The molecular formula is C11H12BrNO. The summed E-state index contributed by atoms with van der Waals surface area (Å²) in [6.45, 7) is 0.